The monoisotopic (exact) mass is 1610 g/mol. The van der Waals surface area contributed by atoms with Crippen molar-refractivity contribution in [2.45, 2.75) is 0 Å². The fraction of sp³-hybridized carbons (Fsp3) is 0. The molecule has 0 atom stereocenters. The Bertz CT molecular complexity index is 7020. The fourth-order valence-corrected chi connectivity index (χ4v) is 16.2. The second-order valence-electron chi connectivity index (χ2n) is 30.1. The van der Waals surface area contributed by atoms with Crippen LogP contribution in [-0.2, 0) is 0 Å². The third-order valence-electron chi connectivity index (χ3n) is 22.2. The molecular weight excluding hydrogens is 1550 g/mol. The number of nitrogens with zero attached hydrogens (tertiary/aromatic N) is 19. The van der Waals surface area contributed by atoms with Crippen molar-refractivity contribution in [3.8, 4) is 194 Å². The minimum atomic E-state index is 0.238. The maximum atomic E-state index is 11.2. The zero-order valence-corrected chi connectivity index (χ0v) is 66.9. The lowest BCUT2D eigenvalue weighted by Crippen LogP contribution is -2.06. The zero-order valence-electron chi connectivity index (χ0n) is 66.9. The Morgan fingerprint density at radius 2 is 0.325 bits per heavy atom. The molecule has 0 aliphatic rings. The van der Waals surface area contributed by atoms with Gasteiger partial charge in [-0.2, -0.15) is 10.5 Å². The van der Waals surface area contributed by atoms with E-state index in [-0.39, 0.29) is 11.6 Å². The van der Waals surface area contributed by atoms with Crippen LogP contribution in [0.2, 0.25) is 0 Å². The summed E-state index contributed by atoms with van der Waals surface area (Å²) in [5.74, 6) is 6.78. The summed E-state index contributed by atoms with van der Waals surface area (Å²) in [5.41, 5.74) is 16.4. The summed E-state index contributed by atoms with van der Waals surface area (Å²) in [6.07, 6.45) is 0. The van der Waals surface area contributed by atoms with Crippen molar-refractivity contribution in [2.24, 2.45) is 0 Å². The Kier molecular flexibility index (Phi) is 18.8. The van der Waals surface area contributed by atoms with Gasteiger partial charge in [-0.1, -0.05) is 273 Å². The fourth-order valence-electron chi connectivity index (χ4n) is 16.2. The van der Waals surface area contributed by atoms with E-state index < -0.39 is 0 Å². The highest BCUT2D eigenvalue weighted by atomic mass is 15.1. The molecule has 19 nitrogen and oxygen atoms in total. The molecule has 22 rings (SSSR count). The average Bonchev–Trinajstić information content (AvgIpc) is 1.57. The third kappa shape index (κ3) is 14.1. The number of benzene rings is 15. The van der Waals surface area contributed by atoms with Crippen LogP contribution >= 0.6 is 0 Å². The van der Waals surface area contributed by atoms with Crippen molar-refractivity contribution in [3.05, 3.63) is 393 Å². The first kappa shape index (κ1) is 74.2. The maximum Gasteiger partial charge on any atom is 0.166 e. The van der Waals surface area contributed by atoms with Crippen molar-refractivity contribution in [1.82, 2.24) is 83.9 Å². The molecule has 126 heavy (non-hydrogen) atoms. The molecule has 0 aliphatic carbocycles. The Morgan fingerprint density at radius 3 is 0.508 bits per heavy atom. The summed E-state index contributed by atoms with van der Waals surface area (Å²) in [5, 5.41) is 25.7. The van der Waals surface area contributed by atoms with E-state index in [1.807, 2.05) is 334 Å². The first-order valence-electron chi connectivity index (χ1n) is 40.9. The molecule has 0 N–H and O–H groups in total. The molecule has 22 aromatic rings. The lowest BCUT2D eigenvalue weighted by molar-refractivity contribution is 1.06. The minimum absolute atomic E-state index is 0.238. The van der Waals surface area contributed by atoms with E-state index in [4.69, 9.17) is 74.8 Å². The van der Waals surface area contributed by atoms with Gasteiger partial charge in [-0.25, -0.2) is 74.8 Å². The number of hydrogen-bond donors (Lipinski definition) is 0. The molecule has 0 fully saturated rings. The van der Waals surface area contributed by atoms with Crippen LogP contribution in [0.4, 0.5) is 0 Å². The maximum absolute atomic E-state index is 11.2. The van der Waals surface area contributed by atoms with Crippen LogP contribution in [0.1, 0.15) is 11.1 Å². The van der Waals surface area contributed by atoms with Crippen LogP contribution in [0.25, 0.3) is 226 Å². The van der Waals surface area contributed by atoms with E-state index in [2.05, 4.69) is 69.8 Å². The third-order valence-corrected chi connectivity index (χ3v) is 22.2. The molecule has 0 radical (unpaired) electrons. The van der Waals surface area contributed by atoms with Gasteiger partial charge in [0.15, 0.2) is 87.4 Å². The van der Waals surface area contributed by atoms with Crippen molar-refractivity contribution in [2.75, 3.05) is 0 Å². The van der Waals surface area contributed by atoms with E-state index in [0.717, 1.165) is 110 Å². The van der Waals surface area contributed by atoms with Gasteiger partial charge in [0, 0.05) is 105 Å². The van der Waals surface area contributed by atoms with E-state index in [0.29, 0.717) is 115 Å². The Labute approximate surface area is 721 Å². The first-order valence-corrected chi connectivity index (χ1v) is 40.9. The highest BCUT2D eigenvalue weighted by molar-refractivity contribution is 6.13. The summed E-state index contributed by atoms with van der Waals surface area (Å²) in [6.45, 7) is 0. The number of nitriles is 2. The van der Waals surface area contributed by atoms with Crippen LogP contribution in [0.3, 0.4) is 0 Å². The molecule has 7 aromatic heterocycles. The summed E-state index contributed by atoms with van der Waals surface area (Å²) in [7, 11) is 0. The predicted molar refractivity (Wildman–Crippen MR) is 493 cm³/mol. The smallest absolute Gasteiger partial charge is 0.166 e. The number of fused-ring (bicyclic) bond motifs is 6. The highest BCUT2D eigenvalue weighted by Gasteiger charge is 2.28. The lowest BCUT2D eigenvalue weighted by Gasteiger charge is -2.17. The van der Waals surface area contributed by atoms with Crippen molar-refractivity contribution in [1.29, 1.82) is 10.5 Å². The number of hydrogen-bond acceptors (Lipinski definition) is 17. The molecule has 15 aromatic carbocycles. The molecule has 0 saturated heterocycles. The molecule has 0 spiro atoms. The first-order chi connectivity index (χ1) is 62.3. The van der Waals surface area contributed by atoms with Crippen LogP contribution in [-0.4, -0.2) is 83.9 Å². The number of rotatable bonds is 17. The van der Waals surface area contributed by atoms with Crippen molar-refractivity contribution in [3.63, 3.8) is 0 Å². The SMILES string of the molecule is N#Cc1ccc(-n2c3ccc(-c4nc(-c5ccccc5)nc(-c5ccccc5)n4)cc3c3cc(-c4nc(-c5ccccc5)nc(-c5ccccc5)n4)ccc32)c(-c2nc(-c3ccccc3)nc(-c3cc(C#N)ccc3-n3c4ccc(-c5nc(-c6ccccc6)nc(-c6ccccc6)n5)cc4c4cc(-c5nc(-c6ccccc6)nc(-c6ccccc6)n5)ccc43)n2)c1. The largest absolute Gasteiger partial charge is 0.308 e. The average molecular weight is 1610 g/mol. The zero-order chi connectivity index (χ0) is 84.0. The molecule has 7 heterocycles. The van der Waals surface area contributed by atoms with Gasteiger partial charge >= 0.3 is 0 Å². The summed E-state index contributed by atoms with van der Waals surface area (Å²) < 4.78 is 4.37. The second kappa shape index (κ2) is 31.9. The quantitative estimate of drug-likeness (QED) is 0.0821. The topological polar surface area (TPSA) is 251 Å². The van der Waals surface area contributed by atoms with Crippen molar-refractivity contribution >= 4 is 43.6 Å². The Hall–Kier alpha value is -18.1. The molecule has 0 amide bonds. The molecule has 19 heteroatoms. The van der Waals surface area contributed by atoms with E-state index in [1.165, 1.54) is 0 Å². The molecule has 0 aliphatic heterocycles. The van der Waals surface area contributed by atoms with Crippen LogP contribution < -0.4 is 0 Å². The van der Waals surface area contributed by atoms with Gasteiger partial charge in [0.2, 0.25) is 0 Å². The predicted octanol–water partition coefficient (Wildman–Crippen LogP) is 23.6. The van der Waals surface area contributed by atoms with Gasteiger partial charge in [-0.3, -0.25) is 0 Å². The van der Waals surface area contributed by atoms with Gasteiger partial charge in [0.1, 0.15) is 0 Å². The highest BCUT2D eigenvalue weighted by Crippen LogP contribution is 2.44. The lowest BCUT2D eigenvalue weighted by atomic mass is 10.1. The van der Waals surface area contributed by atoms with Crippen LogP contribution in [0.15, 0.2) is 382 Å². The number of aromatic nitrogens is 17. The molecule has 0 unspecified atom stereocenters. The van der Waals surface area contributed by atoms with Gasteiger partial charge in [-0.15, -0.1) is 0 Å². The van der Waals surface area contributed by atoms with Crippen molar-refractivity contribution < 1.29 is 0 Å². The van der Waals surface area contributed by atoms with Gasteiger partial charge in [-0.05, 0) is 109 Å². The van der Waals surface area contributed by atoms with Gasteiger partial charge < -0.3 is 9.13 Å². The van der Waals surface area contributed by atoms with Crippen LogP contribution in [0.5, 0.6) is 0 Å². The van der Waals surface area contributed by atoms with E-state index >= 15 is 0 Å². The Morgan fingerprint density at radius 1 is 0.159 bits per heavy atom. The molecule has 0 saturated carbocycles. The second-order valence-corrected chi connectivity index (χ2v) is 30.1. The summed E-state index contributed by atoms with van der Waals surface area (Å²) in [6, 6.07) is 130. The van der Waals surface area contributed by atoms with Crippen LogP contribution in [0, 0.1) is 22.7 Å². The minimum Gasteiger partial charge on any atom is -0.308 e. The van der Waals surface area contributed by atoms with E-state index in [1.54, 1.807) is 0 Å². The van der Waals surface area contributed by atoms with Gasteiger partial charge in [0.25, 0.3) is 0 Å². The molecular formula is C107H63N19. The Balaban J connectivity index is 0.764. The van der Waals surface area contributed by atoms with Gasteiger partial charge in [0.05, 0.1) is 56.7 Å². The summed E-state index contributed by atoms with van der Waals surface area (Å²) >= 11 is 0. The molecule has 586 valence electrons. The normalized spacial score (nSPS) is 11.3. The van der Waals surface area contributed by atoms with E-state index in [9.17, 15) is 10.5 Å². The molecule has 0 bridgehead atoms. The summed E-state index contributed by atoms with van der Waals surface area (Å²) in [4.78, 5) is 78.7. The standard InChI is InChI=1S/C107H63N19/c108-64-66-46-52-91(125-87-54-48-77(102-114-93(68-28-10-1-11-29-68)110-94(115-102)69-30-12-2-13-31-69)60-81(87)82-61-78(49-55-88(82)125)103-116-95(70-32-14-3-15-33-70)111-96(117-103)71-34-16-4-17-35-71)85(58-66)106-122-101(76-44-26-9-27-45-76)123-107(124-106)86-59-67(65-109)47-53-92(86)126-89-56-50-79(104-118-97(72-36-18-5-19-37-72)112-98(119-104)73-38-20-6-21-39-73)62-83(89)84-63-80(51-57-90(84)126)105-120-99(74-40-22-7-23-41-74)113-100(121-105)75-42-24-8-25-43-75/h1-63H.